The van der Waals surface area contributed by atoms with Gasteiger partial charge in [-0.05, 0) is 39.1 Å². The summed E-state index contributed by atoms with van der Waals surface area (Å²) in [5.74, 6) is 0.795. The Balaban J connectivity index is 2.53. The van der Waals surface area contributed by atoms with Gasteiger partial charge in [0.05, 0.1) is 11.8 Å². The second kappa shape index (κ2) is 6.59. The summed E-state index contributed by atoms with van der Waals surface area (Å²) in [4.78, 5) is 12.4. The van der Waals surface area contributed by atoms with Crippen molar-refractivity contribution >= 4 is 0 Å². The van der Waals surface area contributed by atoms with Gasteiger partial charge in [-0.15, -0.1) is 0 Å². The Bertz CT molecular complexity index is 675. The SMILES string of the molecule is CNCc1ccc(-c2ccccc2OC(C)C)n(C)c1=O. The van der Waals surface area contributed by atoms with E-state index < -0.39 is 0 Å². The van der Waals surface area contributed by atoms with Gasteiger partial charge in [-0.3, -0.25) is 4.79 Å². The molecule has 0 amide bonds. The van der Waals surface area contributed by atoms with E-state index in [1.165, 1.54) is 0 Å². The molecule has 0 fully saturated rings. The fourth-order valence-electron chi connectivity index (χ4n) is 2.32. The Hall–Kier alpha value is -2.07. The number of aromatic nitrogens is 1. The van der Waals surface area contributed by atoms with E-state index in [9.17, 15) is 4.79 Å². The van der Waals surface area contributed by atoms with Gasteiger partial charge in [0.2, 0.25) is 0 Å². The summed E-state index contributed by atoms with van der Waals surface area (Å²) >= 11 is 0. The highest BCUT2D eigenvalue weighted by molar-refractivity contribution is 5.67. The Kier molecular flexibility index (Phi) is 4.81. The molecule has 21 heavy (non-hydrogen) atoms. The molecule has 0 saturated carbocycles. The van der Waals surface area contributed by atoms with Crippen LogP contribution in [0.1, 0.15) is 19.4 Å². The summed E-state index contributed by atoms with van der Waals surface area (Å²) in [6.45, 7) is 4.55. The van der Waals surface area contributed by atoms with E-state index >= 15 is 0 Å². The second-order valence-corrected chi connectivity index (χ2v) is 5.30. The maximum absolute atomic E-state index is 12.4. The lowest BCUT2D eigenvalue weighted by Crippen LogP contribution is -2.25. The van der Waals surface area contributed by atoms with Crippen LogP contribution in [0.5, 0.6) is 5.75 Å². The molecule has 0 bridgehead atoms. The molecule has 0 saturated heterocycles. The molecular weight excluding hydrogens is 264 g/mol. The number of ether oxygens (including phenoxy) is 1. The van der Waals surface area contributed by atoms with E-state index in [0.29, 0.717) is 6.54 Å². The molecule has 1 aromatic carbocycles. The van der Waals surface area contributed by atoms with Crippen LogP contribution in [-0.4, -0.2) is 17.7 Å². The predicted octanol–water partition coefficient (Wildman–Crippen LogP) is 2.56. The van der Waals surface area contributed by atoms with Crippen molar-refractivity contribution in [2.75, 3.05) is 7.05 Å². The van der Waals surface area contributed by atoms with Crippen molar-refractivity contribution in [3.8, 4) is 17.0 Å². The van der Waals surface area contributed by atoms with Crippen molar-refractivity contribution < 1.29 is 4.74 Å². The first kappa shape index (κ1) is 15.3. The standard InChI is InChI=1S/C17H22N2O2/c1-12(2)21-16-8-6-5-7-14(16)15-10-9-13(11-18-3)17(20)19(15)4/h5-10,12,18H,11H2,1-4H3. The average molecular weight is 286 g/mol. The number of rotatable bonds is 5. The molecule has 0 aliphatic carbocycles. The van der Waals surface area contributed by atoms with E-state index in [4.69, 9.17) is 4.74 Å². The molecule has 4 nitrogen and oxygen atoms in total. The van der Waals surface area contributed by atoms with Gasteiger partial charge in [0.1, 0.15) is 5.75 Å². The third-order valence-electron chi connectivity index (χ3n) is 3.28. The van der Waals surface area contributed by atoms with Gasteiger partial charge in [-0.1, -0.05) is 18.2 Å². The fraction of sp³-hybridized carbons (Fsp3) is 0.353. The lowest BCUT2D eigenvalue weighted by molar-refractivity contribution is 0.243. The van der Waals surface area contributed by atoms with E-state index in [1.807, 2.05) is 57.3 Å². The number of hydrogen-bond acceptors (Lipinski definition) is 3. The number of para-hydroxylation sites is 1. The van der Waals surface area contributed by atoms with Gasteiger partial charge in [-0.25, -0.2) is 0 Å². The average Bonchev–Trinajstić information content (AvgIpc) is 2.45. The first-order valence-corrected chi connectivity index (χ1v) is 7.14. The minimum absolute atomic E-state index is 0.0150. The summed E-state index contributed by atoms with van der Waals surface area (Å²) in [6.07, 6.45) is 0.0896. The first-order chi connectivity index (χ1) is 10.0. The van der Waals surface area contributed by atoms with E-state index in [0.717, 1.165) is 22.6 Å². The summed E-state index contributed by atoms with van der Waals surface area (Å²) in [6, 6.07) is 11.6. The second-order valence-electron chi connectivity index (χ2n) is 5.30. The third kappa shape index (κ3) is 3.34. The molecule has 1 heterocycles. The summed E-state index contributed by atoms with van der Waals surface area (Å²) in [7, 11) is 3.63. The van der Waals surface area contributed by atoms with Crippen molar-refractivity contribution in [2.24, 2.45) is 7.05 Å². The minimum atomic E-state index is 0.0150. The molecule has 0 spiro atoms. The summed E-state index contributed by atoms with van der Waals surface area (Å²) in [5, 5.41) is 3.01. The smallest absolute Gasteiger partial charge is 0.255 e. The molecule has 0 unspecified atom stereocenters. The molecule has 0 aliphatic rings. The molecular formula is C17H22N2O2. The van der Waals surface area contributed by atoms with Crippen LogP contribution in [0.4, 0.5) is 0 Å². The van der Waals surface area contributed by atoms with Crippen molar-refractivity contribution in [1.29, 1.82) is 0 Å². The maximum Gasteiger partial charge on any atom is 0.255 e. The fourth-order valence-corrected chi connectivity index (χ4v) is 2.32. The van der Waals surface area contributed by atoms with Gasteiger partial charge in [-0.2, -0.15) is 0 Å². The highest BCUT2D eigenvalue weighted by Crippen LogP contribution is 2.29. The molecule has 0 radical (unpaired) electrons. The molecule has 4 heteroatoms. The van der Waals surface area contributed by atoms with Crippen LogP contribution in [0.3, 0.4) is 0 Å². The molecule has 0 atom stereocenters. The van der Waals surface area contributed by atoms with Crippen molar-refractivity contribution in [3.05, 3.63) is 52.3 Å². The number of benzene rings is 1. The van der Waals surface area contributed by atoms with Crippen molar-refractivity contribution in [3.63, 3.8) is 0 Å². The highest BCUT2D eigenvalue weighted by atomic mass is 16.5. The number of pyridine rings is 1. The van der Waals surface area contributed by atoms with Crippen LogP contribution in [0.25, 0.3) is 11.3 Å². The Morgan fingerprint density at radius 3 is 2.57 bits per heavy atom. The zero-order valence-corrected chi connectivity index (χ0v) is 13.0. The molecule has 2 aromatic rings. The number of nitrogens with one attached hydrogen (secondary N) is 1. The zero-order chi connectivity index (χ0) is 15.4. The van der Waals surface area contributed by atoms with E-state index in [-0.39, 0.29) is 11.7 Å². The number of hydrogen-bond donors (Lipinski definition) is 1. The zero-order valence-electron chi connectivity index (χ0n) is 13.0. The largest absolute Gasteiger partial charge is 0.490 e. The van der Waals surface area contributed by atoms with Crippen molar-refractivity contribution in [2.45, 2.75) is 26.5 Å². The molecule has 1 aromatic heterocycles. The van der Waals surface area contributed by atoms with E-state index in [2.05, 4.69) is 5.32 Å². The molecule has 112 valence electrons. The van der Waals surface area contributed by atoms with E-state index in [1.54, 1.807) is 11.6 Å². The third-order valence-corrected chi connectivity index (χ3v) is 3.28. The van der Waals surface area contributed by atoms with Crippen molar-refractivity contribution in [1.82, 2.24) is 9.88 Å². The quantitative estimate of drug-likeness (QED) is 0.918. The van der Waals surface area contributed by atoms with Gasteiger partial charge in [0, 0.05) is 24.7 Å². The summed E-state index contributed by atoms with van der Waals surface area (Å²) in [5.41, 5.74) is 2.56. The Labute approximate surface area is 125 Å². The molecule has 1 N–H and O–H groups in total. The number of nitrogens with zero attached hydrogens (tertiary/aromatic N) is 1. The van der Waals surface area contributed by atoms with Crippen LogP contribution in [0.15, 0.2) is 41.2 Å². The van der Waals surface area contributed by atoms with Crippen LogP contribution >= 0.6 is 0 Å². The molecule has 0 aliphatic heterocycles. The van der Waals surface area contributed by atoms with Crippen LogP contribution in [0, 0.1) is 0 Å². The molecule has 2 rings (SSSR count). The Morgan fingerprint density at radius 2 is 1.90 bits per heavy atom. The Morgan fingerprint density at radius 1 is 1.19 bits per heavy atom. The lowest BCUT2D eigenvalue weighted by Gasteiger charge is -2.16. The topological polar surface area (TPSA) is 43.3 Å². The maximum atomic E-state index is 12.4. The van der Waals surface area contributed by atoms with Crippen LogP contribution in [-0.2, 0) is 13.6 Å². The normalized spacial score (nSPS) is 10.9. The monoisotopic (exact) mass is 286 g/mol. The van der Waals surface area contributed by atoms with Crippen LogP contribution in [0.2, 0.25) is 0 Å². The lowest BCUT2D eigenvalue weighted by atomic mass is 10.1. The van der Waals surface area contributed by atoms with Gasteiger partial charge >= 0.3 is 0 Å². The first-order valence-electron chi connectivity index (χ1n) is 7.14. The summed E-state index contributed by atoms with van der Waals surface area (Å²) < 4.78 is 7.52. The van der Waals surface area contributed by atoms with Gasteiger partial charge in [0.15, 0.2) is 0 Å². The predicted molar refractivity (Wildman–Crippen MR) is 85.6 cm³/mol. The van der Waals surface area contributed by atoms with Crippen LogP contribution < -0.4 is 15.6 Å². The van der Waals surface area contributed by atoms with Gasteiger partial charge in [0.25, 0.3) is 5.56 Å². The van der Waals surface area contributed by atoms with Gasteiger partial charge < -0.3 is 14.6 Å². The highest BCUT2D eigenvalue weighted by Gasteiger charge is 2.12. The minimum Gasteiger partial charge on any atom is -0.490 e.